The normalized spacial score (nSPS) is 17.9. The fourth-order valence-electron chi connectivity index (χ4n) is 4.46. The maximum Gasteiger partial charge on any atom is 0.163 e. The Morgan fingerprint density at radius 3 is 2.67 bits per heavy atom. The molecule has 146 valence electrons. The first-order chi connectivity index (χ1) is 13.2. The second-order valence-electron chi connectivity index (χ2n) is 7.57. The molecule has 0 unspecified atom stereocenters. The van der Waals surface area contributed by atoms with Gasteiger partial charge in [0.2, 0.25) is 0 Å². The van der Waals surface area contributed by atoms with Crippen molar-refractivity contribution in [3.8, 4) is 11.5 Å². The first kappa shape index (κ1) is 18.4. The third-order valence-corrected chi connectivity index (χ3v) is 5.98. The van der Waals surface area contributed by atoms with Crippen LogP contribution in [0.5, 0.6) is 11.5 Å². The molecular formula is C22H31N3O2. The van der Waals surface area contributed by atoms with Crippen LogP contribution in [-0.4, -0.2) is 49.3 Å². The van der Waals surface area contributed by atoms with E-state index in [-0.39, 0.29) is 0 Å². The van der Waals surface area contributed by atoms with Crippen molar-refractivity contribution in [1.82, 2.24) is 9.88 Å². The first-order valence-electron chi connectivity index (χ1n) is 10.4. The number of likely N-dealkylation sites (tertiary alicyclic amines) is 1. The average molecular weight is 370 g/mol. The summed E-state index contributed by atoms with van der Waals surface area (Å²) in [5.41, 5.74) is 4.95. The number of hydrogen-bond donors (Lipinski definition) is 1. The highest BCUT2D eigenvalue weighted by molar-refractivity contribution is 5.96. The predicted octanol–water partition coefficient (Wildman–Crippen LogP) is 4.03. The zero-order chi connectivity index (χ0) is 18.8. The Labute approximate surface area is 162 Å². The lowest BCUT2D eigenvalue weighted by Crippen LogP contribution is -2.39. The fourth-order valence-corrected chi connectivity index (χ4v) is 4.46. The molecule has 1 aliphatic carbocycles. The fraction of sp³-hybridized carbons (Fsp3) is 0.591. The van der Waals surface area contributed by atoms with E-state index in [4.69, 9.17) is 14.5 Å². The molecule has 0 atom stereocenters. The van der Waals surface area contributed by atoms with E-state index in [2.05, 4.69) is 23.2 Å². The summed E-state index contributed by atoms with van der Waals surface area (Å²) in [4.78, 5) is 7.50. The molecule has 1 aliphatic heterocycles. The number of rotatable bonds is 6. The number of aryl methyl sites for hydroxylation is 1. The summed E-state index contributed by atoms with van der Waals surface area (Å²) < 4.78 is 11.4. The van der Waals surface area contributed by atoms with Crippen molar-refractivity contribution in [2.24, 2.45) is 0 Å². The summed E-state index contributed by atoms with van der Waals surface area (Å²) in [6.45, 7) is 8.37. The van der Waals surface area contributed by atoms with Gasteiger partial charge in [0.25, 0.3) is 0 Å². The van der Waals surface area contributed by atoms with E-state index in [9.17, 15) is 0 Å². The largest absolute Gasteiger partial charge is 0.493 e. The van der Waals surface area contributed by atoms with Crippen LogP contribution < -0.4 is 14.8 Å². The highest BCUT2D eigenvalue weighted by atomic mass is 16.5. The Morgan fingerprint density at radius 1 is 1.15 bits per heavy atom. The molecule has 1 N–H and O–H groups in total. The van der Waals surface area contributed by atoms with Gasteiger partial charge in [0.1, 0.15) is 0 Å². The van der Waals surface area contributed by atoms with E-state index < -0.39 is 0 Å². The van der Waals surface area contributed by atoms with Crippen molar-refractivity contribution in [2.45, 2.75) is 52.0 Å². The number of benzene rings is 1. The topological polar surface area (TPSA) is 46.6 Å². The van der Waals surface area contributed by atoms with Crippen LogP contribution in [-0.2, 0) is 12.8 Å². The lowest BCUT2D eigenvalue weighted by molar-refractivity contribution is 0.229. The Bertz CT molecular complexity index is 813. The summed E-state index contributed by atoms with van der Waals surface area (Å²) in [5.74, 6) is 1.56. The van der Waals surface area contributed by atoms with E-state index in [1.54, 1.807) is 7.11 Å². The number of pyridine rings is 1. The molecule has 5 nitrogen and oxygen atoms in total. The SMILES string of the molecule is CCOc1cc2nc3c(c(NC4CCN(CC)CC4)c2cc1OC)CCC3. The lowest BCUT2D eigenvalue weighted by atomic mass is 10.0. The van der Waals surface area contributed by atoms with Crippen LogP contribution in [0.15, 0.2) is 12.1 Å². The Kier molecular flexibility index (Phi) is 5.39. The van der Waals surface area contributed by atoms with Crippen molar-refractivity contribution in [2.75, 3.05) is 38.7 Å². The molecule has 1 fully saturated rings. The van der Waals surface area contributed by atoms with Crippen molar-refractivity contribution in [3.05, 3.63) is 23.4 Å². The van der Waals surface area contributed by atoms with E-state index >= 15 is 0 Å². The van der Waals surface area contributed by atoms with Crippen molar-refractivity contribution >= 4 is 16.6 Å². The van der Waals surface area contributed by atoms with Gasteiger partial charge in [0.15, 0.2) is 11.5 Å². The van der Waals surface area contributed by atoms with Gasteiger partial charge in [-0.1, -0.05) is 6.92 Å². The number of ether oxygens (including phenoxy) is 2. The number of hydrogen-bond acceptors (Lipinski definition) is 5. The van der Waals surface area contributed by atoms with Crippen molar-refractivity contribution < 1.29 is 9.47 Å². The van der Waals surface area contributed by atoms with Gasteiger partial charge in [0.05, 0.1) is 19.2 Å². The van der Waals surface area contributed by atoms with Gasteiger partial charge in [-0.3, -0.25) is 4.98 Å². The minimum Gasteiger partial charge on any atom is -0.493 e. The van der Waals surface area contributed by atoms with Crippen LogP contribution in [0.25, 0.3) is 10.9 Å². The highest BCUT2D eigenvalue weighted by Crippen LogP contribution is 2.40. The lowest BCUT2D eigenvalue weighted by Gasteiger charge is -2.32. The smallest absolute Gasteiger partial charge is 0.163 e. The number of anilines is 1. The van der Waals surface area contributed by atoms with Crippen LogP contribution >= 0.6 is 0 Å². The van der Waals surface area contributed by atoms with Gasteiger partial charge in [-0.05, 0) is 57.2 Å². The number of piperidine rings is 1. The molecule has 27 heavy (non-hydrogen) atoms. The minimum atomic E-state index is 0.528. The monoisotopic (exact) mass is 369 g/mol. The van der Waals surface area contributed by atoms with E-state index in [1.165, 1.54) is 49.3 Å². The summed E-state index contributed by atoms with van der Waals surface area (Å²) >= 11 is 0. The van der Waals surface area contributed by atoms with Gasteiger partial charge in [0, 0.05) is 42.0 Å². The molecule has 0 radical (unpaired) electrons. The molecule has 4 rings (SSSR count). The van der Waals surface area contributed by atoms with Gasteiger partial charge < -0.3 is 19.7 Å². The zero-order valence-electron chi connectivity index (χ0n) is 16.8. The maximum absolute atomic E-state index is 5.78. The molecule has 5 heteroatoms. The number of aromatic nitrogens is 1. The number of nitrogens with one attached hydrogen (secondary N) is 1. The first-order valence-corrected chi connectivity index (χ1v) is 10.4. The van der Waals surface area contributed by atoms with Crippen LogP contribution in [0.2, 0.25) is 0 Å². The molecule has 0 spiro atoms. The predicted molar refractivity (Wildman–Crippen MR) is 110 cm³/mol. The molecule has 2 heterocycles. The molecule has 0 bridgehead atoms. The Balaban J connectivity index is 1.73. The number of methoxy groups -OCH3 is 1. The molecule has 1 aromatic carbocycles. The number of fused-ring (bicyclic) bond motifs is 2. The van der Waals surface area contributed by atoms with Gasteiger partial charge in [-0.25, -0.2) is 0 Å². The van der Waals surface area contributed by atoms with E-state index in [0.717, 1.165) is 41.8 Å². The highest BCUT2D eigenvalue weighted by Gasteiger charge is 2.24. The third kappa shape index (κ3) is 3.57. The standard InChI is InChI=1S/C22H31N3O2/c1-4-25-11-9-15(10-12-25)23-22-16-7-6-8-18(16)24-19-14-21(27-5-2)20(26-3)13-17(19)22/h13-15H,4-12H2,1-3H3,(H,23,24). The number of nitrogens with zero attached hydrogens (tertiary/aromatic N) is 2. The maximum atomic E-state index is 5.78. The van der Waals surface area contributed by atoms with Gasteiger partial charge >= 0.3 is 0 Å². The van der Waals surface area contributed by atoms with Crippen LogP contribution in [0.1, 0.15) is 44.4 Å². The molecule has 2 aromatic rings. The zero-order valence-corrected chi connectivity index (χ0v) is 16.8. The second-order valence-corrected chi connectivity index (χ2v) is 7.57. The van der Waals surface area contributed by atoms with Crippen LogP contribution in [0.3, 0.4) is 0 Å². The van der Waals surface area contributed by atoms with E-state index in [0.29, 0.717) is 12.6 Å². The third-order valence-electron chi connectivity index (χ3n) is 5.98. The van der Waals surface area contributed by atoms with Crippen molar-refractivity contribution in [3.63, 3.8) is 0 Å². The second kappa shape index (κ2) is 7.93. The molecule has 0 amide bonds. The molecular weight excluding hydrogens is 338 g/mol. The molecule has 1 aromatic heterocycles. The average Bonchev–Trinajstić information content (AvgIpc) is 3.16. The summed E-state index contributed by atoms with van der Waals surface area (Å²) in [6.07, 6.45) is 5.77. The van der Waals surface area contributed by atoms with Gasteiger partial charge in [-0.15, -0.1) is 0 Å². The Hall–Kier alpha value is -2.01. The van der Waals surface area contributed by atoms with Crippen LogP contribution in [0.4, 0.5) is 5.69 Å². The summed E-state index contributed by atoms with van der Waals surface area (Å²) in [5, 5.41) is 5.07. The quantitative estimate of drug-likeness (QED) is 0.833. The molecule has 0 saturated carbocycles. The van der Waals surface area contributed by atoms with Crippen LogP contribution in [0, 0.1) is 0 Å². The molecule has 2 aliphatic rings. The van der Waals surface area contributed by atoms with E-state index in [1.807, 2.05) is 13.0 Å². The van der Waals surface area contributed by atoms with Gasteiger partial charge in [-0.2, -0.15) is 0 Å². The summed E-state index contributed by atoms with van der Waals surface area (Å²) in [7, 11) is 1.71. The summed E-state index contributed by atoms with van der Waals surface area (Å²) in [6, 6.07) is 4.68. The van der Waals surface area contributed by atoms with Crippen molar-refractivity contribution in [1.29, 1.82) is 0 Å². The Morgan fingerprint density at radius 2 is 1.96 bits per heavy atom. The minimum absolute atomic E-state index is 0.528. The molecule has 1 saturated heterocycles.